The predicted molar refractivity (Wildman–Crippen MR) is 67.3 cm³/mol. The van der Waals surface area contributed by atoms with Crippen molar-refractivity contribution in [3.05, 3.63) is 29.0 Å². The van der Waals surface area contributed by atoms with E-state index in [1.165, 1.54) is 6.07 Å². The molecule has 0 aromatic heterocycles. The predicted octanol–water partition coefficient (Wildman–Crippen LogP) is 1.49. The van der Waals surface area contributed by atoms with Crippen molar-refractivity contribution in [1.82, 2.24) is 4.72 Å². The van der Waals surface area contributed by atoms with Crippen molar-refractivity contribution in [3.63, 3.8) is 0 Å². The van der Waals surface area contributed by atoms with Crippen molar-refractivity contribution < 1.29 is 12.8 Å². The molecule has 1 unspecified atom stereocenters. The van der Waals surface area contributed by atoms with Crippen LogP contribution in [0.2, 0.25) is 5.02 Å². The van der Waals surface area contributed by atoms with Crippen LogP contribution in [0.5, 0.6) is 0 Å². The van der Waals surface area contributed by atoms with E-state index >= 15 is 0 Å². The van der Waals surface area contributed by atoms with Gasteiger partial charge in [0, 0.05) is 12.6 Å². The fourth-order valence-corrected chi connectivity index (χ4v) is 2.97. The Kier molecular flexibility index (Phi) is 3.91. The zero-order chi connectivity index (χ0) is 13.3. The van der Waals surface area contributed by atoms with Gasteiger partial charge >= 0.3 is 0 Å². The summed E-state index contributed by atoms with van der Waals surface area (Å²) in [5.74, 6) is -0.241. The van der Waals surface area contributed by atoms with Gasteiger partial charge in [-0.05, 0) is 37.0 Å². The van der Waals surface area contributed by atoms with Crippen molar-refractivity contribution in [3.8, 4) is 0 Å². The SMILES string of the molecule is NC(CNS(=O)(=O)c1ccc(F)c(Cl)c1)C1CC1. The van der Waals surface area contributed by atoms with Crippen LogP contribution in [-0.2, 0) is 10.0 Å². The normalized spacial score (nSPS) is 17.7. The Balaban J connectivity index is 2.07. The molecule has 1 aromatic carbocycles. The highest BCUT2D eigenvalue weighted by Crippen LogP contribution is 2.31. The van der Waals surface area contributed by atoms with Gasteiger partial charge in [-0.2, -0.15) is 0 Å². The Bertz CT molecular complexity index is 546. The lowest BCUT2D eigenvalue weighted by atomic mass is 10.2. The first-order valence-corrected chi connectivity index (χ1v) is 7.46. The Morgan fingerprint density at radius 3 is 2.72 bits per heavy atom. The lowest BCUT2D eigenvalue weighted by Gasteiger charge is -2.12. The highest BCUT2D eigenvalue weighted by atomic mass is 35.5. The third kappa shape index (κ3) is 3.20. The van der Waals surface area contributed by atoms with Gasteiger partial charge in [0.25, 0.3) is 0 Å². The first-order chi connectivity index (χ1) is 8.40. The fraction of sp³-hybridized carbons (Fsp3) is 0.455. The third-order valence-corrected chi connectivity index (χ3v) is 4.65. The minimum atomic E-state index is -3.68. The molecule has 2 rings (SSSR count). The van der Waals surface area contributed by atoms with E-state index < -0.39 is 15.8 Å². The lowest BCUT2D eigenvalue weighted by molar-refractivity contribution is 0.547. The number of halogens is 2. The number of rotatable bonds is 5. The van der Waals surface area contributed by atoms with Crippen LogP contribution in [0.3, 0.4) is 0 Å². The van der Waals surface area contributed by atoms with E-state index in [9.17, 15) is 12.8 Å². The molecule has 3 N–H and O–H groups in total. The van der Waals surface area contributed by atoms with Crippen molar-refractivity contribution in [2.24, 2.45) is 11.7 Å². The second-order valence-corrected chi connectivity index (χ2v) is 6.60. The molecule has 1 aliphatic carbocycles. The summed E-state index contributed by atoms with van der Waals surface area (Å²) < 4.78 is 39.1. The molecule has 0 amide bonds. The van der Waals surface area contributed by atoms with Crippen LogP contribution in [0.25, 0.3) is 0 Å². The standard InChI is InChI=1S/C11H14ClFN2O2S/c12-9-5-8(3-4-10(9)13)18(16,17)15-6-11(14)7-1-2-7/h3-5,7,11,15H,1-2,6,14H2. The Labute approximate surface area is 110 Å². The van der Waals surface area contributed by atoms with Crippen LogP contribution in [-0.4, -0.2) is 21.0 Å². The van der Waals surface area contributed by atoms with Gasteiger partial charge in [-0.3, -0.25) is 0 Å². The van der Waals surface area contributed by atoms with Gasteiger partial charge in [0.2, 0.25) is 10.0 Å². The lowest BCUT2D eigenvalue weighted by Crippen LogP contribution is -2.38. The molecule has 1 aliphatic rings. The number of benzene rings is 1. The van der Waals surface area contributed by atoms with E-state index in [0.717, 1.165) is 25.0 Å². The zero-order valence-electron chi connectivity index (χ0n) is 9.57. The van der Waals surface area contributed by atoms with E-state index in [4.69, 9.17) is 17.3 Å². The molecule has 0 spiro atoms. The summed E-state index contributed by atoms with van der Waals surface area (Å²) in [6.45, 7) is 0.183. The average Bonchev–Trinajstić information content (AvgIpc) is 3.13. The monoisotopic (exact) mass is 292 g/mol. The van der Waals surface area contributed by atoms with Gasteiger partial charge < -0.3 is 5.73 Å². The van der Waals surface area contributed by atoms with E-state index in [0.29, 0.717) is 5.92 Å². The summed E-state index contributed by atoms with van der Waals surface area (Å²) in [4.78, 5) is -0.0584. The van der Waals surface area contributed by atoms with E-state index in [2.05, 4.69) is 4.72 Å². The van der Waals surface area contributed by atoms with Crippen LogP contribution in [0.15, 0.2) is 23.1 Å². The Morgan fingerprint density at radius 2 is 2.17 bits per heavy atom. The number of nitrogens with two attached hydrogens (primary N) is 1. The Morgan fingerprint density at radius 1 is 1.50 bits per heavy atom. The summed E-state index contributed by atoms with van der Waals surface area (Å²) in [5, 5.41) is -0.218. The van der Waals surface area contributed by atoms with E-state index in [-0.39, 0.29) is 22.5 Å². The van der Waals surface area contributed by atoms with Gasteiger partial charge in [0.1, 0.15) is 5.82 Å². The molecule has 1 atom stereocenters. The van der Waals surface area contributed by atoms with Crippen LogP contribution in [0.4, 0.5) is 4.39 Å². The number of hydrogen-bond acceptors (Lipinski definition) is 3. The van der Waals surface area contributed by atoms with Gasteiger partial charge in [-0.15, -0.1) is 0 Å². The first-order valence-electron chi connectivity index (χ1n) is 5.60. The molecule has 4 nitrogen and oxygen atoms in total. The first kappa shape index (κ1) is 13.7. The molecule has 0 saturated heterocycles. The van der Waals surface area contributed by atoms with Crippen molar-refractivity contribution >= 4 is 21.6 Å². The summed E-state index contributed by atoms with van der Waals surface area (Å²) >= 11 is 5.55. The number of nitrogens with one attached hydrogen (secondary N) is 1. The van der Waals surface area contributed by atoms with Crippen LogP contribution >= 0.6 is 11.6 Å². The fourth-order valence-electron chi connectivity index (χ4n) is 1.62. The summed E-state index contributed by atoms with van der Waals surface area (Å²) in [5.41, 5.74) is 5.81. The number of sulfonamides is 1. The molecule has 18 heavy (non-hydrogen) atoms. The zero-order valence-corrected chi connectivity index (χ0v) is 11.1. The molecule has 0 radical (unpaired) electrons. The Hall–Kier alpha value is -0.690. The van der Waals surface area contributed by atoms with Crippen LogP contribution < -0.4 is 10.5 Å². The molecule has 0 aliphatic heterocycles. The minimum Gasteiger partial charge on any atom is -0.326 e. The second kappa shape index (κ2) is 5.13. The van der Waals surface area contributed by atoms with Gasteiger partial charge in [-0.25, -0.2) is 17.5 Å². The minimum absolute atomic E-state index is 0.0584. The quantitative estimate of drug-likeness (QED) is 0.864. The molecular formula is C11H14ClFN2O2S. The second-order valence-electron chi connectivity index (χ2n) is 4.43. The molecule has 1 saturated carbocycles. The molecule has 0 bridgehead atoms. The largest absolute Gasteiger partial charge is 0.326 e. The van der Waals surface area contributed by atoms with Gasteiger partial charge in [-0.1, -0.05) is 11.6 Å². The molecule has 0 heterocycles. The van der Waals surface area contributed by atoms with Gasteiger partial charge in [0.05, 0.1) is 9.92 Å². The number of hydrogen-bond donors (Lipinski definition) is 2. The third-order valence-electron chi connectivity index (χ3n) is 2.94. The maximum atomic E-state index is 12.9. The molecule has 1 fully saturated rings. The average molecular weight is 293 g/mol. The van der Waals surface area contributed by atoms with E-state index in [1.54, 1.807) is 0 Å². The molecule has 100 valence electrons. The van der Waals surface area contributed by atoms with Crippen molar-refractivity contribution in [2.45, 2.75) is 23.8 Å². The highest BCUT2D eigenvalue weighted by molar-refractivity contribution is 7.89. The summed E-state index contributed by atoms with van der Waals surface area (Å²) in [7, 11) is -3.68. The van der Waals surface area contributed by atoms with Gasteiger partial charge in [0.15, 0.2) is 0 Å². The molecular weight excluding hydrogens is 279 g/mol. The summed E-state index contributed by atoms with van der Waals surface area (Å²) in [6.07, 6.45) is 2.09. The van der Waals surface area contributed by atoms with E-state index in [1.807, 2.05) is 0 Å². The highest BCUT2D eigenvalue weighted by Gasteiger charge is 2.29. The summed E-state index contributed by atoms with van der Waals surface area (Å²) in [6, 6.07) is 3.11. The maximum absolute atomic E-state index is 12.9. The van der Waals surface area contributed by atoms with Crippen LogP contribution in [0, 0.1) is 11.7 Å². The topological polar surface area (TPSA) is 72.2 Å². The molecule has 1 aromatic rings. The molecule has 7 heteroatoms. The smallest absolute Gasteiger partial charge is 0.240 e. The van der Waals surface area contributed by atoms with Crippen molar-refractivity contribution in [2.75, 3.05) is 6.54 Å². The van der Waals surface area contributed by atoms with Crippen molar-refractivity contribution in [1.29, 1.82) is 0 Å². The van der Waals surface area contributed by atoms with Crippen LogP contribution in [0.1, 0.15) is 12.8 Å². The maximum Gasteiger partial charge on any atom is 0.240 e.